The first-order valence-electron chi connectivity index (χ1n) is 9.90. The summed E-state index contributed by atoms with van der Waals surface area (Å²) in [5.74, 6) is -0.399. The highest BCUT2D eigenvalue weighted by molar-refractivity contribution is 6.17. The van der Waals surface area contributed by atoms with Crippen molar-refractivity contribution in [2.75, 3.05) is 0 Å². The van der Waals surface area contributed by atoms with Gasteiger partial charge in [0.1, 0.15) is 0 Å². The molecule has 1 radical (unpaired) electrons. The van der Waals surface area contributed by atoms with Crippen molar-refractivity contribution in [1.82, 2.24) is 4.57 Å². The van der Waals surface area contributed by atoms with Crippen LogP contribution in [0.15, 0.2) is 54.6 Å². The number of carbonyl (C=O) groups excluding carboxylic acids is 1. The van der Waals surface area contributed by atoms with E-state index in [4.69, 9.17) is 5.73 Å². The minimum absolute atomic E-state index is 0.399. The number of hydrogen-bond acceptors (Lipinski definition) is 1. The summed E-state index contributed by atoms with van der Waals surface area (Å²) in [5.41, 5.74) is 12.2. The van der Waals surface area contributed by atoms with Crippen molar-refractivity contribution >= 4 is 27.7 Å². The molecule has 0 aliphatic rings. The van der Waals surface area contributed by atoms with Crippen molar-refractivity contribution in [3.05, 3.63) is 82.9 Å². The minimum atomic E-state index is -0.399. The van der Waals surface area contributed by atoms with E-state index in [1.165, 1.54) is 16.7 Å². The van der Waals surface area contributed by atoms with Gasteiger partial charge in [0.15, 0.2) is 0 Å². The summed E-state index contributed by atoms with van der Waals surface area (Å²) in [6, 6.07) is 22.0. The third-order valence-electron chi connectivity index (χ3n) is 5.53. The first-order valence-corrected chi connectivity index (χ1v) is 9.90. The number of unbranched alkanes of at least 4 members (excludes halogenated alkanes) is 1. The molecule has 0 aliphatic carbocycles. The van der Waals surface area contributed by atoms with Gasteiger partial charge < -0.3 is 10.3 Å². The molecule has 0 spiro atoms. The van der Waals surface area contributed by atoms with Crippen LogP contribution in [0.25, 0.3) is 21.8 Å². The Balaban J connectivity index is 1.99. The smallest absolute Gasteiger partial charge is 0.249 e. The number of carbonyl (C=O) groups is 1. The van der Waals surface area contributed by atoms with Crippen molar-refractivity contribution < 1.29 is 4.79 Å². The molecular weight excluding hydrogens is 344 g/mol. The number of primary amides is 1. The Kier molecular flexibility index (Phi) is 4.91. The van der Waals surface area contributed by atoms with Crippen LogP contribution in [0.3, 0.4) is 0 Å². The van der Waals surface area contributed by atoms with Gasteiger partial charge in [-0.1, -0.05) is 49.7 Å². The Labute approximate surface area is 165 Å². The average molecular weight is 369 g/mol. The average Bonchev–Trinajstić information content (AvgIpc) is 3.01. The lowest BCUT2D eigenvalue weighted by atomic mass is 10.0. The van der Waals surface area contributed by atoms with Crippen LogP contribution in [-0.4, -0.2) is 10.5 Å². The summed E-state index contributed by atoms with van der Waals surface area (Å²) in [6.45, 7) is 5.09. The molecule has 1 aromatic heterocycles. The van der Waals surface area contributed by atoms with E-state index in [0.29, 0.717) is 5.56 Å². The number of amides is 1. The number of rotatable bonds is 6. The molecule has 1 heterocycles. The Bertz CT molecular complexity index is 1170. The molecule has 0 aliphatic heterocycles. The van der Waals surface area contributed by atoms with Crippen LogP contribution in [0, 0.1) is 13.0 Å². The molecule has 0 atom stereocenters. The van der Waals surface area contributed by atoms with Gasteiger partial charge >= 0.3 is 0 Å². The predicted octanol–water partition coefficient (Wildman–Crippen LogP) is 5.39. The summed E-state index contributed by atoms with van der Waals surface area (Å²) in [5, 5.41) is 1.87. The minimum Gasteiger partial charge on any atom is -0.366 e. The van der Waals surface area contributed by atoms with E-state index in [2.05, 4.69) is 66.9 Å². The largest absolute Gasteiger partial charge is 0.366 e. The molecular formula is C25H25N2O. The summed E-state index contributed by atoms with van der Waals surface area (Å²) in [6.07, 6.45) is 3.36. The quantitative estimate of drug-likeness (QED) is 0.486. The Hall–Kier alpha value is -3.07. The van der Waals surface area contributed by atoms with Gasteiger partial charge in [0.2, 0.25) is 5.91 Å². The maximum Gasteiger partial charge on any atom is 0.249 e. The van der Waals surface area contributed by atoms with Crippen LogP contribution < -0.4 is 5.73 Å². The van der Waals surface area contributed by atoms with Crippen molar-refractivity contribution in [3.8, 4) is 0 Å². The molecule has 3 heteroatoms. The van der Waals surface area contributed by atoms with E-state index in [0.717, 1.165) is 47.6 Å². The maximum atomic E-state index is 12.1. The van der Waals surface area contributed by atoms with E-state index in [1.54, 1.807) is 6.07 Å². The first-order chi connectivity index (χ1) is 13.6. The second-order valence-corrected chi connectivity index (χ2v) is 7.45. The highest BCUT2D eigenvalue weighted by Gasteiger charge is 2.17. The third kappa shape index (κ3) is 3.18. The summed E-state index contributed by atoms with van der Waals surface area (Å²) in [7, 11) is 0. The molecule has 0 fully saturated rings. The molecule has 3 nitrogen and oxygen atoms in total. The lowest BCUT2D eigenvalue weighted by Crippen LogP contribution is -2.11. The number of fused-ring (bicyclic) bond motifs is 3. The van der Waals surface area contributed by atoms with Crippen LogP contribution in [0.4, 0.5) is 0 Å². The second-order valence-electron chi connectivity index (χ2n) is 7.45. The molecule has 4 aromatic rings. The van der Waals surface area contributed by atoms with Gasteiger partial charge in [-0.2, -0.15) is 0 Å². The van der Waals surface area contributed by atoms with Gasteiger partial charge in [-0.05, 0) is 60.7 Å². The van der Waals surface area contributed by atoms with Crippen LogP contribution in [0.2, 0.25) is 0 Å². The summed E-state index contributed by atoms with van der Waals surface area (Å²) < 4.78 is 2.30. The number of benzene rings is 3. The molecule has 3 aromatic carbocycles. The van der Waals surface area contributed by atoms with Gasteiger partial charge in [0, 0.05) is 22.9 Å². The number of nitrogens with zero attached hydrogens (tertiary/aromatic N) is 1. The lowest BCUT2D eigenvalue weighted by Gasteiger charge is -2.11. The number of nitrogens with two attached hydrogens (primary N) is 1. The van der Waals surface area contributed by atoms with Crippen molar-refractivity contribution in [3.63, 3.8) is 0 Å². The van der Waals surface area contributed by atoms with Gasteiger partial charge in [-0.15, -0.1) is 0 Å². The molecule has 141 valence electrons. The normalized spacial score (nSPS) is 11.4. The van der Waals surface area contributed by atoms with Crippen molar-refractivity contribution in [2.45, 2.75) is 39.7 Å². The Morgan fingerprint density at radius 3 is 2.68 bits per heavy atom. The zero-order valence-corrected chi connectivity index (χ0v) is 16.5. The number of aryl methyl sites for hydroxylation is 2. The van der Waals surface area contributed by atoms with E-state index in [1.807, 2.05) is 6.07 Å². The Morgan fingerprint density at radius 2 is 1.93 bits per heavy atom. The molecule has 2 N–H and O–H groups in total. The van der Waals surface area contributed by atoms with Crippen LogP contribution in [0.5, 0.6) is 0 Å². The lowest BCUT2D eigenvalue weighted by molar-refractivity contribution is 0.100. The molecule has 0 saturated carbocycles. The van der Waals surface area contributed by atoms with E-state index >= 15 is 0 Å². The molecule has 0 unspecified atom stereocenters. The highest BCUT2D eigenvalue weighted by atomic mass is 16.1. The third-order valence-corrected chi connectivity index (χ3v) is 5.53. The molecule has 1 amide bonds. The Morgan fingerprint density at radius 1 is 1.11 bits per heavy atom. The topological polar surface area (TPSA) is 48.0 Å². The number of aromatic nitrogens is 1. The second kappa shape index (κ2) is 7.51. The van der Waals surface area contributed by atoms with Gasteiger partial charge in [-0.25, -0.2) is 0 Å². The summed E-state index contributed by atoms with van der Waals surface area (Å²) >= 11 is 0. The van der Waals surface area contributed by atoms with Gasteiger partial charge in [0.05, 0.1) is 11.0 Å². The van der Waals surface area contributed by atoms with Gasteiger partial charge in [-0.3, -0.25) is 4.79 Å². The predicted molar refractivity (Wildman–Crippen MR) is 116 cm³/mol. The standard InChI is InChI=1S/C25H25N2O/c1-3-4-9-18-13-14-20-23(15-18)27(16-19-10-6-5-8-17(19)2)22-12-7-11-21(24(20)22)25(26)28/h5-8,10-13,15H,3-4,9,16H2,1-2H3,(H2,26,28). The van der Waals surface area contributed by atoms with E-state index in [9.17, 15) is 4.79 Å². The summed E-state index contributed by atoms with van der Waals surface area (Å²) in [4.78, 5) is 12.1. The van der Waals surface area contributed by atoms with Crippen molar-refractivity contribution in [2.24, 2.45) is 5.73 Å². The molecule has 0 bridgehead atoms. The zero-order chi connectivity index (χ0) is 19.7. The van der Waals surface area contributed by atoms with Crippen molar-refractivity contribution in [1.29, 1.82) is 0 Å². The first kappa shape index (κ1) is 18.3. The molecule has 28 heavy (non-hydrogen) atoms. The monoisotopic (exact) mass is 369 g/mol. The SMILES string of the molecule is CCCCc1c[c]c2c3c(C(N)=O)cccc3n(Cc3ccccc3C)c2c1. The maximum absolute atomic E-state index is 12.1. The van der Waals surface area contributed by atoms with Gasteiger partial charge in [0.25, 0.3) is 0 Å². The molecule has 4 rings (SSSR count). The fourth-order valence-corrected chi connectivity index (χ4v) is 3.96. The van der Waals surface area contributed by atoms with Crippen LogP contribution >= 0.6 is 0 Å². The van der Waals surface area contributed by atoms with E-state index < -0.39 is 5.91 Å². The highest BCUT2D eigenvalue weighted by Crippen LogP contribution is 2.33. The molecule has 0 saturated heterocycles. The fraction of sp³-hybridized carbons (Fsp3) is 0.240. The van der Waals surface area contributed by atoms with Crippen LogP contribution in [-0.2, 0) is 13.0 Å². The van der Waals surface area contributed by atoms with Crippen LogP contribution in [0.1, 0.15) is 46.8 Å². The van der Waals surface area contributed by atoms with E-state index in [-0.39, 0.29) is 0 Å². The fourth-order valence-electron chi connectivity index (χ4n) is 3.96. The zero-order valence-electron chi connectivity index (χ0n) is 16.5. The number of hydrogen-bond donors (Lipinski definition) is 1.